The number of carbonyl (C=O) groups is 3. The molecule has 2 N–H and O–H groups in total. The number of nitrogens with one attached hydrogen (secondary N) is 1. The molecule has 1 aromatic heterocycles. The van der Waals surface area contributed by atoms with Crippen LogP contribution in [0.3, 0.4) is 0 Å². The Morgan fingerprint density at radius 1 is 1.05 bits per heavy atom. The van der Waals surface area contributed by atoms with Crippen LogP contribution >= 0.6 is 0 Å². The van der Waals surface area contributed by atoms with E-state index in [4.69, 9.17) is 4.74 Å². The van der Waals surface area contributed by atoms with Crippen molar-refractivity contribution in [1.29, 1.82) is 0 Å². The second kappa shape index (κ2) is 10.7. The predicted octanol–water partition coefficient (Wildman–Crippen LogP) is 3.04. The molecule has 2 aliphatic heterocycles. The van der Waals surface area contributed by atoms with Crippen molar-refractivity contribution >= 4 is 34.3 Å². The Morgan fingerprint density at radius 3 is 2.59 bits per heavy atom. The number of nitrogens with zero attached hydrogens (tertiary/aromatic N) is 3. The number of amides is 3. The largest absolute Gasteiger partial charge is 0.497 e. The number of rotatable bonds is 6. The first-order valence-corrected chi connectivity index (χ1v) is 13.7. The van der Waals surface area contributed by atoms with Gasteiger partial charge in [0.15, 0.2) is 0 Å². The number of likely N-dealkylation sites (tertiary alicyclic amines) is 1. The minimum absolute atomic E-state index is 0.0406. The van der Waals surface area contributed by atoms with E-state index in [0.717, 1.165) is 27.7 Å². The Balaban J connectivity index is 1.27. The first kappa shape index (κ1) is 26.6. The van der Waals surface area contributed by atoms with Gasteiger partial charge in [0, 0.05) is 49.2 Å². The van der Waals surface area contributed by atoms with Gasteiger partial charge in [-0.1, -0.05) is 48.5 Å². The molecule has 41 heavy (non-hydrogen) atoms. The summed E-state index contributed by atoms with van der Waals surface area (Å²) in [5, 5.41) is 14.2. The van der Waals surface area contributed by atoms with Gasteiger partial charge in [0.05, 0.1) is 25.3 Å². The van der Waals surface area contributed by atoms with Crippen molar-refractivity contribution < 1.29 is 24.2 Å². The Labute approximate surface area is 237 Å². The van der Waals surface area contributed by atoms with E-state index in [9.17, 15) is 19.5 Å². The van der Waals surface area contributed by atoms with Crippen LogP contribution in [0.15, 0.2) is 79.0 Å². The Bertz CT molecular complexity index is 1630. The number of aliphatic hydroxyl groups is 1. The van der Waals surface area contributed by atoms with Crippen LogP contribution in [0.1, 0.15) is 27.9 Å². The molecule has 3 aromatic carbocycles. The van der Waals surface area contributed by atoms with Crippen molar-refractivity contribution in [3.8, 4) is 5.75 Å². The zero-order chi connectivity index (χ0) is 28.7. The van der Waals surface area contributed by atoms with Gasteiger partial charge in [-0.05, 0) is 35.4 Å². The van der Waals surface area contributed by atoms with Crippen molar-refractivity contribution in [1.82, 2.24) is 14.8 Å². The molecule has 4 aromatic rings. The van der Waals surface area contributed by atoms with Crippen molar-refractivity contribution in [2.24, 2.45) is 7.05 Å². The fourth-order valence-electron chi connectivity index (χ4n) is 5.99. The molecule has 2 unspecified atom stereocenters. The summed E-state index contributed by atoms with van der Waals surface area (Å²) in [5.74, 6) is -0.354. The highest BCUT2D eigenvalue weighted by Gasteiger charge is 2.42. The molecule has 3 atom stereocenters. The minimum atomic E-state index is -0.904. The summed E-state index contributed by atoms with van der Waals surface area (Å²) in [4.78, 5) is 44.3. The van der Waals surface area contributed by atoms with E-state index in [0.29, 0.717) is 17.9 Å². The van der Waals surface area contributed by atoms with Gasteiger partial charge in [0.2, 0.25) is 11.8 Å². The van der Waals surface area contributed by atoms with E-state index in [2.05, 4.69) is 5.32 Å². The number of methoxy groups -OCH3 is 1. The van der Waals surface area contributed by atoms with Crippen LogP contribution in [0.2, 0.25) is 0 Å². The molecule has 0 radical (unpaired) electrons. The normalized spacial score (nSPS) is 20.3. The molecule has 1 saturated heterocycles. The molecule has 2 aliphatic rings. The average Bonchev–Trinajstić information content (AvgIpc) is 3.55. The maximum atomic E-state index is 13.8. The number of aryl methyl sites for hydroxylation is 1. The van der Waals surface area contributed by atoms with E-state index >= 15 is 0 Å². The first-order chi connectivity index (χ1) is 19.8. The van der Waals surface area contributed by atoms with E-state index in [-0.39, 0.29) is 31.2 Å². The highest BCUT2D eigenvalue weighted by Crippen LogP contribution is 2.33. The van der Waals surface area contributed by atoms with Crippen LogP contribution in [0.5, 0.6) is 5.75 Å². The van der Waals surface area contributed by atoms with Crippen LogP contribution in [0, 0.1) is 0 Å². The van der Waals surface area contributed by atoms with Crippen LogP contribution in [0.25, 0.3) is 10.9 Å². The Hall–Kier alpha value is -4.63. The number of hydrogen-bond acceptors (Lipinski definition) is 5. The summed E-state index contributed by atoms with van der Waals surface area (Å²) in [6.07, 6.45) is 1.30. The third kappa shape index (κ3) is 4.93. The van der Waals surface area contributed by atoms with Crippen molar-refractivity contribution in [2.75, 3.05) is 18.6 Å². The maximum Gasteiger partial charge on any atom is 0.256 e. The number of hydrogen-bond donors (Lipinski definition) is 2. The summed E-state index contributed by atoms with van der Waals surface area (Å²) >= 11 is 0. The molecule has 0 spiro atoms. The standard InChI is InChI=1S/C32H32N4O5/c1-34-19-25(24-10-6-7-11-28(24)34)31(39)36-18-22(37)16-29(36)30(38)33-26-15-21-14-23(41-2)12-13-27(21)35(32(26)40)17-20-8-4-3-5-9-20/h3-14,19,22,26,29,37H,15-18H2,1-2H3,(H,33,38)/t22-,26?,29?/m1/s1. The minimum Gasteiger partial charge on any atom is -0.497 e. The number of fused-ring (bicyclic) bond motifs is 2. The monoisotopic (exact) mass is 552 g/mol. The van der Waals surface area contributed by atoms with Crippen LogP contribution in [0.4, 0.5) is 5.69 Å². The Kier molecular flexibility index (Phi) is 6.96. The molecule has 1 fully saturated rings. The van der Waals surface area contributed by atoms with Gasteiger partial charge in [-0.25, -0.2) is 0 Å². The quantitative estimate of drug-likeness (QED) is 0.383. The van der Waals surface area contributed by atoms with E-state index < -0.39 is 24.1 Å². The third-order valence-electron chi connectivity index (χ3n) is 8.04. The van der Waals surface area contributed by atoms with Crippen LogP contribution in [-0.4, -0.2) is 64.1 Å². The van der Waals surface area contributed by atoms with Crippen molar-refractivity contribution in [3.05, 3.63) is 95.7 Å². The molecular formula is C32H32N4O5. The highest BCUT2D eigenvalue weighted by atomic mass is 16.5. The van der Waals surface area contributed by atoms with Gasteiger partial charge < -0.3 is 29.5 Å². The van der Waals surface area contributed by atoms with Gasteiger partial charge in [-0.2, -0.15) is 0 Å². The summed E-state index contributed by atoms with van der Waals surface area (Å²) in [6.45, 7) is 0.387. The molecular weight excluding hydrogens is 520 g/mol. The molecule has 0 aliphatic carbocycles. The van der Waals surface area contributed by atoms with E-state index in [1.165, 1.54) is 4.90 Å². The summed E-state index contributed by atoms with van der Waals surface area (Å²) in [6, 6.07) is 21.1. The molecule has 9 nitrogen and oxygen atoms in total. The van der Waals surface area contributed by atoms with Gasteiger partial charge in [-0.15, -0.1) is 0 Å². The van der Waals surface area contributed by atoms with Gasteiger partial charge >= 0.3 is 0 Å². The number of aromatic nitrogens is 1. The lowest BCUT2D eigenvalue weighted by Crippen LogP contribution is -2.56. The lowest BCUT2D eigenvalue weighted by molar-refractivity contribution is -0.130. The molecule has 3 heterocycles. The topological polar surface area (TPSA) is 104 Å². The zero-order valence-electron chi connectivity index (χ0n) is 23.0. The number of carbonyl (C=O) groups excluding carboxylic acids is 3. The van der Waals surface area contributed by atoms with Crippen LogP contribution < -0.4 is 15.0 Å². The fraction of sp³-hybridized carbons (Fsp3) is 0.281. The summed E-state index contributed by atoms with van der Waals surface area (Å²) < 4.78 is 7.29. The summed E-state index contributed by atoms with van der Waals surface area (Å²) in [7, 11) is 3.45. The number of para-hydroxylation sites is 1. The zero-order valence-corrected chi connectivity index (χ0v) is 23.0. The third-order valence-corrected chi connectivity index (χ3v) is 8.04. The number of ether oxygens (including phenoxy) is 1. The number of anilines is 1. The molecule has 0 saturated carbocycles. The Morgan fingerprint density at radius 2 is 1.80 bits per heavy atom. The predicted molar refractivity (Wildman–Crippen MR) is 155 cm³/mol. The summed E-state index contributed by atoms with van der Waals surface area (Å²) in [5.41, 5.74) is 3.98. The van der Waals surface area contributed by atoms with E-state index in [1.54, 1.807) is 18.2 Å². The molecule has 6 rings (SSSR count). The number of aliphatic hydroxyl groups excluding tert-OH is 1. The van der Waals surface area contributed by atoms with Gasteiger partial charge in [0.1, 0.15) is 17.8 Å². The van der Waals surface area contributed by atoms with Crippen LogP contribution in [-0.2, 0) is 29.6 Å². The molecule has 9 heteroatoms. The number of benzene rings is 3. The number of β-amino-alcohol motifs (C(OH)–C–C–N with tert-alkyl or cyclic N) is 1. The van der Waals surface area contributed by atoms with Crippen molar-refractivity contribution in [3.63, 3.8) is 0 Å². The smallest absolute Gasteiger partial charge is 0.256 e. The van der Waals surface area contributed by atoms with E-state index in [1.807, 2.05) is 84.4 Å². The SMILES string of the molecule is COc1ccc2c(c1)CC(NC(=O)C1C[C@@H](O)CN1C(=O)c1cn(C)c3ccccc13)C(=O)N2Cc1ccccc1. The second-order valence-corrected chi connectivity index (χ2v) is 10.7. The van der Waals surface area contributed by atoms with Gasteiger partial charge in [-0.3, -0.25) is 14.4 Å². The lowest BCUT2D eigenvalue weighted by atomic mass is 9.95. The first-order valence-electron chi connectivity index (χ1n) is 13.7. The molecule has 210 valence electrons. The second-order valence-electron chi connectivity index (χ2n) is 10.7. The molecule has 3 amide bonds. The average molecular weight is 553 g/mol. The fourth-order valence-corrected chi connectivity index (χ4v) is 5.99. The molecule has 0 bridgehead atoms. The van der Waals surface area contributed by atoms with Crippen molar-refractivity contribution in [2.45, 2.75) is 37.6 Å². The lowest BCUT2D eigenvalue weighted by Gasteiger charge is -2.35. The highest BCUT2D eigenvalue weighted by molar-refractivity contribution is 6.09. The van der Waals surface area contributed by atoms with Gasteiger partial charge in [0.25, 0.3) is 5.91 Å². The maximum absolute atomic E-state index is 13.8.